The van der Waals surface area contributed by atoms with Crippen molar-refractivity contribution in [3.63, 3.8) is 0 Å². The predicted molar refractivity (Wildman–Crippen MR) is 88.5 cm³/mol. The molecule has 0 fully saturated rings. The van der Waals surface area contributed by atoms with Crippen LogP contribution in [0.4, 0.5) is 5.69 Å². The lowest BCUT2D eigenvalue weighted by molar-refractivity contribution is 0.297. The molecule has 0 bridgehead atoms. The zero-order valence-corrected chi connectivity index (χ0v) is 13.5. The number of rotatable bonds is 1. The minimum absolute atomic E-state index is 0.156. The maximum atomic E-state index is 6.22. The van der Waals surface area contributed by atoms with Gasteiger partial charge in [-0.1, -0.05) is 20.8 Å². The van der Waals surface area contributed by atoms with E-state index in [1.165, 1.54) is 9.75 Å². The van der Waals surface area contributed by atoms with Gasteiger partial charge < -0.3 is 15.2 Å². The smallest absolute Gasteiger partial charge is 0.163 e. The molecule has 3 nitrogen and oxygen atoms in total. The third kappa shape index (κ3) is 2.86. The van der Waals surface area contributed by atoms with E-state index in [0.29, 0.717) is 13.2 Å². The summed E-state index contributed by atoms with van der Waals surface area (Å²) in [5.74, 6) is 1.55. The first kappa shape index (κ1) is 14.3. The number of thiophene rings is 1. The number of hydrogen-bond donors (Lipinski definition) is 1. The highest BCUT2D eigenvalue weighted by Gasteiger charge is 2.19. The second kappa shape index (κ2) is 5.26. The number of ether oxygens (including phenoxy) is 2. The molecule has 0 unspecified atom stereocenters. The lowest BCUT2D eigenvalue weighted by atomic mass is 9.95. The van der Waals surface area contributed by atoms with Crippen molar-refractivity contribution in [3.8, 4) is 21.9 Å². The van der Waals surface area contributed by atoms with Crippen LogP contribution in [0.3, 0.4) is 0 Å². The van der Waals surface area contributed by atoms with Crippen LogP contribution >= 0.6 is 11.3 Å². The molecule has 0 radical (unpaired) electrons. The second-order valence-electron chi connectivity index (χ2n) is 6.35. The average molecular weight is 303 g/mol. The first-order chi connectivity index (χ1) is 9.95. The average Bonchev–Trinajstić information content (AvgIpc) is 2.80. The van der Waals surface area contributed by atoms with E-state index in [9.17, 15) is 0 Å². The van der Waals surface area contributed by atoms with Crippen LogP contribution in [0.1, 0.15) is 32.1 Å². The number of nitrogens with two attached hydrogens (primary N) is 1. The van der Waals surface area contributed by atoms with E-state index in [-0.39, 0.29) is 5.41 Å². The molecule has 2 heterocycles. The summed E-state index contributed by atoms with van der Waals surface area (Å²) in [7, 11) is 0. The molecule has 21 heavy (non-hydrogen) atoms. The van der Waals surface area contributed by atoms with E-state index in [0.717, 1.165) is 29.2 Å². The Hall–Kier alpha value is -1.68. The molecule has 1 aromatic carbocycles. The molecule has 0 amide bonds. The molecule has 3 rings (SSSR count). The molecule has 0 saturated heterocycles. The van der Waals surface area contributed by atoms with Crippen LogP contribution < -0.4 is 15.2 Å². The lowest BCUT2D eigenvalue weighted by Gasteiger charge is -2.15. The Morgan fingerprint density at radius 1 is 1.05 bits per heavy atom. The van der Waals surface area contributed by atoms with Crippen LogP contribution in [0.5, 0.6) is 11.5 Å². The van der Waals surface area contributed by atoms with E-state index in [4.69, 9.17) is 15.2 Å². The van der Waals surface area contributed by atoms with Crippen LogP contribution in [0, 0.1) is 0 Å². The van der Waals surface area contributed by atoms with Gasteiger partial charge in [0.15, 0.2) is 11.5 Å². The Morgan fingerprint density at radius 2 is 1.71 bits per heavy atom. The quantitative estimate of drug-likeness (QED) is 0.791. The fourth-order valence-corrected chi connectivity index (χ4v) is 3.43. The summed E-state index contributed by atoms with van der Waals surface area (Å²) in [6.07, 6.45) is 0.900. The van der Waals surface area contributed by atoms with Gasteiger partial charge in [-0.3, -0.25) is 0 Å². The second-order valence-corrected chi connectivity index (χ2v) is 7.43. The first-order valence-electron chi connectivity index (χ1n) is 7.25. The predicted octanol–water partition coefficient (Wildman–Crippen LogP) is 4.46. The fourth-order valence-electron chi connectivity index (χ4n) is 2.32. The molecule has 0 saturated carbocycles. The van der Waals surface area contributed by atoms with E-state index >= 15 is 0 Å². The number of fused-ring (bicyclic) bond motifs is 1. The molecule has 4 heteroatoms. The van der Waals surface area contributed by atoms with E-state index in [1.807, 2.05) is 12.1 Å². The molecule has 112 valence electrons. The van der Waals surface area contributed by atoms with Gasteiger partial charge in [0.05, 0.1) is 13.2 Å². The van der Waals surface area contributed by atoms with Gasteiger partial charge in [0.2, 0.25) is 0 Å². The summed E-state index contributed by atoms with van der Waals surface area (Å²) >= 11 is 1.79. The monoisotopic (exact) mass is 303 g/mol. The summed E-state index contributed by atoms with van der Waals surface area (Å²) in [5.41, 5.74) is 8.14. The van der Waals surface area contributed by atoms with Crippen LogP contribution in [0.15, 0.2) is 24.3 Å². The topological polar surface area (TPSA) is 44.5 Å². The first-order valence-corrected chi connectivity index (χ1v) is 8.06. The fraction of sp³-hybridized carbons (Fsp3) is 0.412. The maximum absolute atomic E-state index is 6.22. The van der Waals surface area contributed by atoms with Crippen LogP contribution in [-0.2, 0) is 5.41 Å². The standard InChI is InChI=1S/C17H21NO2S/c1-17(2,3)16-6-5-15(21-16)11-9-13-14(10-12(11)18)20-8-4-7-19-13/h5-6,9-10H,4,7-8,18H2,1-3H3. The third-order valence-corrected chi connectivity index (χ3v) is 5.07. The van der Waals surface area contributed by atoms with Gasteiger partial charge in [-0.25, -0.2) is 0 Å². The molecular weight excluding hydrogens is 282 g/mol. The van der Waals surface area contributed by atoms with Gasteiger partial charge in [-0.15, -0.1) is 11.3 Å². The number of hydrogen-bond acceptors (Lipinski definition) is 4. The summed E-state index contributed by atoms with van der Waals surface area (Å²) < 4.78 is 11.4. The number of nitrogen functional groups attached to an aromatic ring is 1. The summed E-state index contributed by atoms with van der Waals surface area (Å²) in [5, 5.41) is 0. The summed E-state index contributed by atoms with van der Waals surface area (Å²) in [6.45, 7) is 8.03. The highest BCUT2D eigenvalue weighted by atomic mass is 32.1. The van der Waals surface area contributed by atoms with Crippen molar-refractivity contribution in [1.82, 2.24) is 0 Å². The van der Waals surface area contributed by atoms with Gasteiger partial charge in [0, 0.05) is 33.5 Å². The summed E-state index contributed by atoms with van der Waals surface area (Å²) in [4.78, 5) is 2.53. The van der Waals surface area contributed by atoms with E-state index < -0.39 is 0 Å². The normalized spacial score (nSPS) is 14.8. The molecule has 0 atom stereocenters. The minimum Gasteiger partial charge on any atom is -0.490 e. The molecule has 1 aliphatic rings. The van der Waals surface area contributed by atoms with Crippen LogP contribution in [-0.4, -0.2) is 13.2 Å². The molecule has 1 aliphatic heterocycles. The highest BCUT2D eigenvalue weighted by Crippen LogP contribution is 2.42. The maximum Gasteiger partial charge on any atom is 0.163 e. The van der Waals surface area contributed by atoms with Gasteiger partial charge in [-0.2, -0.15) is 0 Å². The molecule has 2 aromatic rings. The van der Waals surface area contributed by atoms with Gasteiger partial charge >= 0.3 is 0 Å². The minimum atomic E-state index is 0.156. The zero-order valence-electron chi connectivity index (χ0n) is 12.7. The van der Waals surface area contributed by atoms with Crippen molar-refractivity contribution in [2.45, 2.75) is 32.6 Å². The van der Waals surface area contributed by atoms with Crippen molar-refractivity contribution in [3.05, 3.63) is 29.1 Å². The molecule has 2 N–H and O–H groups in total. The van der Waals surface area contributed by atoms with E-state index in [1.54, 1.807) is 11.3 Å². The molecule has 0 spiro atoms. The Balaban J connectivity index is 2.02. The lowest BCUT2D eigenvalue weighted by Crippen LogP contribution is -2.07. The van der Waals surface area contributed by atoms with Crippen molar-refractivity contribution in [1.29, 1.82) is 0 Å². The molecular formula is C17H21NO2S. The van der Waals surface area contributed by atoms with Crippen LogP contribution in [0.2, 0.25) is 0 Å². The van der Waals surface area contributed by atoms with Crippen molar-refractivity contribution >= 4 is 17.0 Å². The Labute approximate surface area is 129 Å². The number of anilines is 1. The largest absolute Gasteiger partial charge is 0.490 e. The Kier molecular flexibility index (Phi) is 3.57. The number of benzene rings is 1. The van der Waals surface area contributed by atoms with Crippen molar-refractivity contribution in [2.75, 3.05) is 18.9 Å². The van der Waals surface area contributed by atoms with Gasteiger partial charge in [0.25, 0.3) is 0 Å². The van der Waals surface area contributed by atoms with Crippen LogP contribution in [0.25, 0.3) is 10.4 Å². The molecule has 1 aromatic heterocycles. The van der Waals surface area contributed by atoms with Crippen molar-refractivity contribution < 1.29 is 9.47 Å². The van der Waals surface area contributed by atoms with E-state index in [2.05, 4.69) is 32.9 Å². The zero-order chi connectivity index (χ0) is 15.0. The third-order valence-electron chi connectivity index (χ3n) is 3.53. The van der Waals surface area contributed by atoms with Crippen molar-refractivity contribution in [2.24, 2.45) is 0 Å². The molecule has 0 aliphatic carbocycles. The Bertz CT molecular complexity index is 655. The van der Waals surface area contributed by atoms with Gasteiger partial charge in [0.1, 0.15) is 0 Å². The SMILES string of the molecule is CC(C)(C)c1ccc(-c2cc3c(cc2N)OCCCO3)s1. The highest BCUT2D eigenvalue weighted by molar-refractivity contribution is 7.15. The Morgan fingerprint density at radius 3 is 2.33 bits per heavy atom. The summed E-state index contributed by atoms with van der Waals surface area (Å²) in [6, 6.07) is 8.21. The van der Waals surface area contributed by atoms with Gasteiger partial charge in [-0.05, 0) is 23.6 Å².